The molecule has 106 valence electrons. The Hall–Kier alpha value is -2.17. The van der Waals surface area contributed by atoms with Crippen molar-refractivity contribution in [2.75, 3.05) is 18.5 Å². The van der Waals surface area contributed by atoms with Crippen molar-refractivity contribution in [2.24, 2.45) is 5.41 Å². The monoisotopic (exact) mass is 273 g/mol. The Labute approximate surface area is 118 Å². The van der Waals surface area contributed by atoms with Crippen LogP contribution in [0.3, 0.4) is 0 Å². The van der Waals surface area contributed by atoms with Gasteiger partial charge in [0.15, 0.2) is 0 Å². The van der Waals surface area contributed by atoms with E-state index in [0.29, 0.717) is 11.3 Å². The summed E-state index contributed by atoms with van der Waals surface area (Å²) in [6.45, 7) is 7.16. The minimum Gasteiger partial charge on any atom is -0.475 e. The SMILES string of the molecule is CN(CC(C)(C)C)c1nc(C(=O)O)nc2ccccc12. The first-order valence-corrected chi connectivity index (χ1v) is 6.49. The zero-order chi connectivity index (χ0) is 14.9. The van der Waals surface area contributed by atoms with Crippen molar-refractivity contribution < 1.29 is 9.90 Å². The van der Waals surface area contributed by atoms with Gasteiger partial charge in [-0.15, -0.1) is 0 Å². The van der Waals surface area contributed by atoms with Gasteiger partial charge >= 0.3 is 5.97 Å². The molecule has 1 heterocycles. The van der Waals surface area contributed by atoms with E-state index in [4.69, 9.17) is 5.11 Å². The molecule has 0 bridgehead atoms. The third kappa shape index (κ3) is 3.04. The van der Waals surface area contributed by atoms with Crippen LogP contribution >= 0.6 is 0 Å². The topological polar surface area (TPSA) is 66.3 Å². The number of aromatic nitrogens is 2. The lowest BCUT2D eigenvalue weighted by molar-refractivity contribution is 0.0684. The average molecular weight is 273 g/mol. The molecular formula is C15H19N3O2. The molecule has 0 saturated carbocycles. The second-order valence-electron chi connectivity index (χ2n) is 6.11. The molecule has 2 rings (SSSR count). The van der Waals surface area contributed by atoms with Crippen LogP contribution in [0.5, 0.6) is 0 Å². The Morgan fingerprint density at radius 2 is 1.90 bits per heavy atom. The molecule has 0 atom stereocenters. The molecule has 0 unspecified atom stereocenters. The molecule has 1 aromatic carbocycles. The normalized spacial score (nSPS) is 11.6. The Morgan fingerprint density at radius 3 is 2.50 bits per heavy atom. The van der Waals surface area contributed by atoms with Crippen LogP contribution in [-0.2, 0) is 0 Å². The predicted octanol–water partition coefficient (Wildman–Crippen LogP) is 2.81. The maximum atomic E-state index is 11.2. The molecule has 0 amide bonds. The van der Waals surface area contributed by atoms with E-state index < -0.39 is 5.97 Å². The van der Waals surface area contributed by atoms with Gasteiger partial charge in [0, 0.05) is 19.0 Å². The zero-order valence-electron chi connectivity index (χ0n) is 12.2. The second-order valence-corrected chi connectivity index (χ2v) is 6.11. The summed E-state index contributed by atoms with van der Waals surface area (Å²) >= 11 is 0. The standard InChI is InChI=1S/C15H19N3O2/c1-15(2,3)9-18(4)13-10-7-5-6-8-11(10)16-12(17-13)14(19)20/h5-8H,9H2,1-4H3,(H,19,20). The Morgan fingerprint density at radius 1 is 1.25 bits per heavy atom. The van der Waals surface area contributed by atoms with Crippen LogP contribution in [0.1, 0.15) is 31.4 Å². The largest absolute Gasteiger partial charge is 0.475 e. The number of carbonyl (C=O) groups is 1. The van der Waals surface area contributed by atoms with Crippen molar-refractivity contribution in [1.82, 2.24) is 9.97 Å². The molecule has 0 spiro atoms. The highest BCUT2D eigenvalue weighted by Gasteiger charge is 2.19. The summed E-state index contributed by atoms with van der Waals surface area (Å²) in [6, 6.07) is 7.46. The van der Waals surface area contributed by atoms with Crippen LogP contribution < -0.4 is 4.90 Å². The van der Waals surface area contributed by atoms with E-state index in [0.717, 1.165) is 11.9 Å². The third-order valence-corrected chi connectivity index (χ3v) is 2.85. The Balaban J connectivity index is 2.57. The molecule has 0 saturated heterocycles. The lowest BCUT2D eigenvalue weighted by Gasteiger charge is -2.28. The summed E-state index contributed by atoms with van der Waals surface area (Å²) < 4.78 is 0. The molecule has 20 heavy (non-hydrogen) atoms. The van der Waals surface area contributed by atoms with Crippen LogP contribution in [0.2, 0.25) is 0 Å². The molecule has 1 aromatic heterocycles. The first-order valence-electron chi connectivity index (χ1n) is 6.49. The van der Waals surface area contributed by atoms with Crippen LogP contribution in [0.4, 0.5) is 5.82 Å². The summed E-state index contributed by atoms with van der Waals surface area (Å²) in [5.41, 5.74) is 0.736. The maximum absolute atomic E-state index is 11.2. The number of hydrogen-bond acceptors (Lipinski definition) is 4. The van der Waals surface area contributed by atoms with Gasteiger partial charge < -0.3 is 10.0 Å². The summed E-state index contributed by atoms with van der Waals surface area (Å²) in [4.78, 5) is 21.4. The average Bonchev–Trinajstić information content (AvgIpc) is 2.35. The van der Waals surface area contributed by atoms with Gasteiger partial charge in [0.25, 0.3) is 0 Å². The fourth-order valence-corrected chi connectivity index (χ4v) is 2.23. The third-order valence-electron chi connectivity index (χ3n) is 2.85. The smallest absolute Gasteiger partial charge is 0.374 e. The molecule has 0 aliphatic heterocycles. The summed E-state index contributed by atoms with van der Waals surface area (Å²) in [5.74, 6) is -0.622. The number of carboxylic acid groups (broad SMARTS) is 1. The van der Waals surface area contributed by atoms with Crippen LogP contribution in [0.25, 0.3) is 10.9 Å². The number of rotatable bonds is 3. The number of hydrogen-bond donors (Lipinski definition) is 1. The van der Waals surface area contributed by atoms with E-state index in [1.165, 1.54) is 0 Å². The molecule has 0 aliphatic carbocycles. The van der Waals surface area contributed by atoms with Crippen LogP contribution in [0.15, 0.2) is 24.3 Å². The van der Waals surface area contributed by atoms with Gasteiger partial charge in [-0.05, 0) is 17.5 Å². The van der Waals surface area contributed by atoms with Crippen molar-refractivity contribution in [3.8, 4) is 0 Å². The second kappa shape index (κ2) is 5.07. The summed E-state index contributed by atoms with van der Waals surface area (Å²) in [6.07, 6.45) is 0. The zero-order valence-corrected chi connectivity index (χ0v) is 12.2. The minimum absolute atomic E-state index is 0.0875. The Bertz CT molecular complexity index is 647. The van der Waals surface area contributed by atoms with Crippen molar-refractivity contribution in [2.45, 2.75) is 20.8 Å². The molecule has 0 radical (unpaired) electrons. The number of para-hydroxylation sites is 1. The van der Waals surface area contributed by atoms with Gasteiger partial charge in [0.1, 0.15) is 5.82 Å². The first kappa shape index (κ1) is 14.2. The van der Waals surface area contributed by atoms with Gasteiger partial charge in [-0.1, -0.05) is 32.9 Å². The van der Waals surface area contributed by atoms with E-state index >= 15 is 0 Å². The predicted molar refractivity (Wildman–Crippen MR) is 79.2 cm³/mol. The molecule has 5 nitrogen and oxygen atoms in total. The molecular weight excluding hydrogens is 254 g/mol. The van der Waals surface area contributed by atoms with Crippen molar-refractivity contribution >= 4 is 22.7 Å². The molecule has 2 aromatic rings. The molecule has 5 heteroatoms. The summed E-state index contributed by atoms with van der Waals surface area (Å²) in [5, 5.41) is 10.0. The van der Waals surface area contributed by atoms with Crippen LogP contribution in [-0.4, -0.2) is 34.6 Å². The van der Waals surface area contributed by atoms with Crippen LogP contribution in [0, 0.1) is 5.41 Å². The number of benzene rings is 1. The number of fused-ring (bicyclic) bond motifs is 1. The van der Waals surface area contributed by atoms with Gasteiger partial charge in [-0.3, -0.25) is 0 Å². The fourth-order valence-electron chi connectivity index (χ4n) is 2.23. The van der Waals surface area contributed by atoms with E-state index in [9.17, 15) is 4.79 Å². The van der Waals surface area contributed by atoms with E-state index in [2.05, 4.69) is 30.7 Å². The first-order chi connectivity index (χ1) is 9.28. The van der Waals surface area contributed by atoms with Gasteiger partial charge in [-0.25, -0.2) is 14.8 Å². The van der Waals surface area contributed by atoms with Gasteiger partial charge in [-0.2, -0.15) is 0 Å². The molecule has 0 fully saturated rings. The lowest BCUT2D eigenvalue weighted by atomic mass is 9.96. The Kier molecular flexibility index (Phi) is 3.61. The highest BCUT2D eigenvalue weighted by Crippen LogP contribution is 2.25. The fraction of sp³-hybridized carbons (Fsp3) is 0.400. The van der Waals surface area contributed by atoms with Crippen molar-refractivity contribution in [3.63, 3.8) is 0 Å². The quantitative estimate of drug-likeness (QED) is 0.931. The molecule has 0 aliphatic rings. The minimum atomic E-state index is -1.11. The number of aromatic carboxylic acids is 1. The lowest BCUT2D eigenvalue weighted by Crippen LogP contribution is -2.30. The maximum Gasteiger partial charge on any atom is 0.374 e. The van der Waals surface area contributed by atoms with E-state index in [1.807, 2.05) is 30.1 Å². The van der Waals surface area contributed by atoms with Crippen molar-refractivity contribution in [3.05, 3.63) is 30.1 Å². The highest BCUT2D eigenvalue weighted by atomic mass is 16.4. The molecule has 1 N–H and O–H groups in total. The van der Waals surface area contributed by atoms with E-state index in [1.54, 1.807) is 6.07 Å². The van der Waals surface area contributed by atoms with Gasteiger partial charge in [0.05, 0.1) is 5.52 Å². The highest BCUT2D eigenvalue weighted by molar-refractivity contribution is 5.93. The summed E-state index contributed by atoms with van der Waals surface area (Å²) in [7, 11) is 1.92. The number of anilines is 1. The number of carboxylic acids is 1. The van der Waals surface area contributed by atoms with Crippen molar-refractivity contribution in [1.29, 1.82) is 0 Å². The number of nitrogens with zero attached hydrogens (tertiary/aromatic N) is 3. The van der Waals surface area contributed by atoms with Gasteiger partial charge in [0.2, 0.25) is 5.82 Å². The van der Waals surface area contributed by atoms with E-state index in [-0.39, 0.29) is 11.2 Å².